The summed E-state index contributed by atoms with van der Waals surface area (Å²) in [5.74, 6) is -7.97. The second-order valence-electron chi connectivity index (χ2n) is 7.71. The van der Waals surface area contributed by atoms with Crippen LogP contribution in [0.25, 0.3) is 0 Å². The molecule has 0 spiro atoms. The molecule has 0 radical (unpaired) electrons. The van der Waals surface area contributed by atoms with Crippen molar-refractivity contribution < 1.29 is 43.8 Å². The first-order valence-corrected chi connectivity index (χ1v) is 10.4. The first-order valence-electron chi connectivity index (χ1n) is 10.4. The van der Waals surface area contributed by atoms with Crippen LogP contribution in [0.3, 0.4) is 0 Å². The van der Waals surface area contributed by atoms with Gasteiger partial charge in [0, 0.05) is 6.42 Å². The predicted molar refractivity (Wildman–Crippen MR) is 115 cm³/mol. The molecule has 192 valence electrons. The van der Waals surface area contributed by atoms with Crippen LogP contribution in [0.15, 0.2) is 0 Å². The number of nitrogens with one attached hydrogen (secondary N) is 3. The standard InChI is InChI=1S/C19H32N6O9/c1-3-8(2)15(18(32)23-10(19(33)34)4-5-12(21)26)25-17(31)11(7-13(22)27)24-16(30)9(20)6-14(28)29/h8-11,15H,3-7,20H2,1-2H3,(H2,21,26)(H2,22,27)(H,23,32)(H,24,30)(H,25,31)(H,28,29)(H,33,34). The minimum absolute atomic E-state index is 0.278. The molecule has 0 aliphatic heterocycles. The number of amides is 5. The van der Waals surface area contributed by atoms with Crippen molar-refractivity contribution in [3.8, 4) is 0 Å². The molecule has 0 aliphatic rings. The molecule has 0 saturated carbocycles. The quantitative estimate of drug-likeness (QED) is 0.106. The SMILES string of the molecule is CCC(C)C(NC(=O)C(CC(N)=O)NC(=O)C(N)CC(=O)O)C(=O)NC(CCC(N)=O)C(=O)O. The van der Waals surface area contributed by atoms with Crippen molar-refractivity contribution in [2.24, 2.45) is 23.1 Å². The fraction of sp³-hybridized carbons (Fsp3) is 0.632. The van der Waals surface area contributed by atoms with Crippen LogP contribution in [0, 0.1) is 5.92 Å². The van der Waals surface area contributed by atoms with E-state index in [1.54, 1.807) is 13.8 Å². The molecule has 15 nitrogen and oxygen atoms in total. The van der Waals surface area contributed by atoms with Gasteiger partial charge in [-0.25, -0.2) is 4.79 Å². The van der Waals surface area contributed by atoms with Gasteiger partial charge in [-0.05, 0) is 12.3 Å². The van der Waals surface area contributed by atoms with Gasteiger partial charge in [-0.1, -0.05) is 20.3 Å². The van der Waals surface area contributed by atoms with Gasteiger partial charge >= 0.3 is 11.9 Å². The Bertz CT molecular complexity index is 803. The maximum Gasteiger partial charge on any atom is 0.326 e. The van der Waals surface area contributed by atoms with Crippen LogP contribution in [0.4, 0.5) is 0 Å². The Morgan fingerprint density at radius 3 is 1.79 bits per heavy atom. The van der Waals surface area contributed by atoms with Crippen molar-refractivity contribution in [1.82, 2.24) is 16.0 Å². The number of primary amides is 2. The Morgan fingerprint density at radius 1 is 0.794 bits per heavy atom. The number of nitrogens with two attached hydrogens (primary N) is 3. The van der Waals surface area contributed by atoms with E-state index >= 15 is 0 Å². The molecule has 5 atom stereocenters. The molecule has 5 unspecified atom stereocenters. The number of carboxylic acid groups (broad SMARTS) is 2. The van der Waals surface area contributed by atoms with E-state index < -0.39 is 84.4 Å². The Hall–Kier alpha value is -3.75. The summed E-state index contributed by atoms with van der Waals surface area (Å²) in [5, 5.41) is 24.7. The highest BCUT2D eigenvalue weighted by Gasteiger charge is 2.33. The van der Waals surface area contributed by atoms with E-state index in [0.717, 1.165) is 0 Å². The molecular weight excluding hydrogens is 456 g/mol. The van der Waals surface area contributed by atoms with Crippen molar-refractivity contribution in [1.29, 1.82) is 0 Å². The molecule has 34 heavy (non-hydrogen) atoms. The van der Waals surface area contributed by atoms with Crippen molar-refractivity contribution in [2.45, 2.75) is 70.1 Å². The molecule has 0 aromatic carbocycles. The van der Waals surface area contributed by atoms with Crippen LogP contribution >= 0.6 is 0 Å². The second-order valence-corrected chi connectivity index (χ2v) is 7.71. The van der Waals surface area contributed by atoms with Crippen LogP contribution in [0.1, 0.15) is 46.0 Å². The number of aliphatic carboxylic acids is 2. The molecule has 0 aromatic rings. The monoisotopic (exact) mass is 488 g/mol. The zero-order valence-corrected chi connectivity index (χ0v) is 18.9. The van der Waals surface area contributed by atoms with E-state index in [0.29, 0.717) is 6.42 Å². The van der Waals surface area contributed by atoms with Gasteiger partial charge < -0.3 is 43.4 Å². The fourth-order valence-electron chi connectivity index (χ4n) is 2.73. The summed E-state index contributed by atoms with van der Waals surface area (Å²) in [6.45, 7) is 3.29. The molecule has 5 amide bonds. The third-order valence-electron chi connectivity index (χ3n) is 4.86. The van der Waals surface area contributed by atoms with Gasteiger partial charge in [0.2, 0.25) is 29.5 Å². The first kappa shape index (κ1) is 30.2. The summed E-state index contributed by atoms with van der Waals surface area (Å²) >= 11 is 0. The van der Waals surface area contributed by atoms with Gasteiger partial charge in [0.05, 0.1) is 18.9 Å². The predicted octanol–water partition coefficient (Wildman–Crippen LogP) is -3.49. The number of carbonyl (C=O) groups is 7. The van der Waals surface area contributed by atoms with Crippen LogP contribution in [0.2, 0.25) is 0 Å². The van der Waals surface area contributed by atoms with Crippen molar-refractivity contribution in [2.75, 3.05) is 0 Å². The van der Waals surface area contributed by atoms with Gasteiger partial charge in [-0.3, -0.25) is 28.8 Å². The third-order valence-corrected chi connectivity index (χ3v) is 4.86. The van der Waals surface area contributed by atoms with Crippen LogP contribution in [0.5, 0.6) is 0 Å². The molecule has 15 heteroatoms. The number of hydrogen-bond acceptors (Lipinski definition) is 8. The number of carbonyl (C=O) groups excluding carboxylic acids is 5. The lowest BCUT2D eigenvalue weighted by molar-refractivity contribution is -0.143. The number of carboxylic acids is 2. The average Bonchev–Trinajstić information content (AvgIpc) is 2.72. The summed E-state index contributed by atoms with van der Waals surface area (Å²) in [5.41, 5.74) is 15.6. The molecule has 0 saturated heterocycles. The summed E-state index contributed by atoms with van der Waals surface area (Å²) in [7, 11) is 0. The van der Waals surface area contributed by atoms with E-state index in [-0.39, 0.29) is 12.8 Å². The molecule has 11 N–H and O–H groups in total. The molecule has 0 aliphatic carbocycles. The molecule has 0 bridgehead atoms. The number of rotatable bonds is 16. The molecule has 0 aromatic heterocycles. The van der Waals surface area contributed by atoms with Crippen molar-refractivity contribution in [3.63, 3.8) is 0 Å². The number of hydrogen-bond donors (Lipinski definition) is 8. The Kier molecular flexibility index (Phi) is 12.8. The maximum absolute atomic E-state index is 12.8. The minimum atomic E-state index is -1.57. The Labute approximate surface area is 195 Å². The molecular formula is C19H32N6O9. The Morgan fingerprint density at radius 2 is 1.35 bits per heavy atom. The van der Waals surface area contributed by atoms with Crippen LogP contribution in [-0.2, 0) is 33.6 Å². The lowest BCUT2D eigenvalue weighted by atomic mass is 9.97. The highest BCUT2D eigenvalue weighted by atomic mass is 16.4. The largest absolute Gasteiger partial charge is 0.481 e. The van der Waals surface area contributed by atoms with Crippen molar-refractivity contribution >= 4 is 41.5 Å². The topological polar surface area (TPSA) is 274 Å². The summed E-state index contributed by atoms with van der Waals surface area (Å²) < 4.78 is 0. The summed E-state index contributed by atoms with van der Waals surface area (Å²) in [6, 6.07) is -5.84. The van der Waals surface area contributed by atoms with E-state index in [4.69, 9.17) is 22.3 Å². The highest BCUT2D eigenvalue weighted by molar-refractivity contribution is 5.96. The van der Waals surface area contributed by atoms with E-state index in [1.165, 1.54) is 0 Å². The van der Waals surface area contributed by atoms with E-state index in [2.05, 4.69) is 16.0 Å². The fourth-order valence-corrected chi connectivity index (χ4v) is 2.73. The zero-order valence-electron chi connectivity index (χ0n) is 18.9. The first-order chi connectivity index (χ1) is 15.7. The van der Waals surface area contributed by atoms with E-state index in [9.17, 15) is 38.7 Å². The third kappa shape index (κ3) is 11.2. The van der Waals surface area contributed by atoms with Gasteiger partial charge in [0.1, 0.15) is 18.1 Å². The summed E-state index contributed by atoms with van der Waals surface area (Å²) in [6.07, 6.45) is -1.63. The average molecular weight is 488 g/mol. The molecule has 0 fully saturated rings. The second kappa shape index (κ2) is 14.4. The Balaban J connectivity index is 5.59. The van der Waals surface area contributed by atoms with Gasteiger partial charge in [-0.15, -0.1) is 0 Å². The van der Waals surface area contributed by atoms with Gasteiger partial charge in [0.25, 0.3) is 0 Å². The normalized spacial score (nSPS) is 15.0. The zero-order chi connectivity index (χ0) is 26.6. The smallest absolute Gasteiger partial charge is 0.326 e. The van der Waals surface area contributed by atoms with Gasteiger partial charge in [-0.2, -0.15) is 0 Å². The highest BCUT2D eigenvalue weighted by Crippen LogP contribution is 2.10. The summed E-state index contributed by atoms with van der Waals surface area (Å²) in [4.78, 5) is 82.1. The van der Waals surface area contributed by atoms with Crippen LogP contribution < -0.4 is 33.2 Å². The van der Waals surface area contributed by atoms with Gasteiger partial charge in [0.15, 0.2) is 0 Å². The van der Waals surface area contributed by atoms with Crippen molar-refractivity contribution in [3.05, 3.63) is 0 Å². The maximum atomic E-state index is 12.8. The van der Waals surface area contributed by atoms with Crippen LogP contribution in [-0.4, -0.2) is 75.9 Å². The lowest BCUT2D eigenvalue weighted by Gasteiger charge is -2.27. The molecule has 0 rings (SSSR count). The lowest BCUT2D eigenvalue weighted by Crippen LogP contribution is -2.59. The minimum Gasteiger partial charge on any atom is -0.481 e. The molecule has 0 heterocycles. The van der Waals surface area contributed by atoms with E-state index in [1.807, 2.05) is 0 Å².